The predicted molar refractivity (Wildman–Crippen MR) is 109 cm³/mol. The maximum Gasteiger partial charge on any atom is 0.257 e. The molecule has 0 fully saturated rings. The first-order valence-corrected chi connectivity index (χ1v) is 9.71. The molecule has 0 bridgehead atoms. The Labute approximate surface area is 165 Å². The maximum absolute atomic E-state index is 13.3. The molecule has 1 aromatic heterocycles. The minimum Gasteiger partial charge on any atom is -0.337 e. The number of carbonyl (C=O) groups is 1. The highest BCUT2D eigenvalue weighted by molar-refractivity contribution is 5.96. The third-order valence-electron chi connectivity index (χ3n) is 4.77. The van der Waals surface area contributed by atoms with Crippen molar-refractivity contribution in [3.63, 3.8) is 0 Å². The second-order valence-electron chi connectivity index (χ2n) is 6.91. The zero-order valence-electron chi connectivity index (χ0n) is 16.7. The van der Waals surface area contributed by atoms with Gasteiger partial charge in [0.1, 0.15) is 5.82 Å². The lowest BCUT2D eigenvalue weighted by molar-refractivity contribution is 0.0783. The van der Waals surface area contributed by atoms with Gasteiger partial charge in [0.05, 0.1) is 22.6 Å². The van der Waals surface area contributed by atoms with Gasteiger partial charge >= 0.3 is 0 Å². The van der Waals surface area contributed by atoms with Crippen LogP contribution in [0.15, 0.2) is 54.6 Å². The van der Waals surface area contributed by atoms with Gasteiger partial charge in [-0.3, -0.25) is 4.79 Å². The molecular weight excluding hydrogens is 353 g/mol. The average molecular weight is 379 g/mol. The number of benzene rings is 2. The molecule has 0 radical (unpaired) electrons. The van der Waals surface area contributed by atoms with Crippen LogP contribution in [0, 0.1) is 5.82 Å². The summed E-state index contributed by atoms with van der Waals surface area (Å²) in [6.45, 7) is 4.63. The lowest BCUT2D eigenvalue weighted by Crippen LogP contribution is -2.27. The van der Waals surface area contributed by atoms with Crippen molar-refractivity contribution in [1.29, 1.82) is 0 Å². The van der Waals surface area contributed by atoms with E-state index in [4.69, 9.17) is 5.10 Å². The van der Waals surface area contributed by atoms with E-state index in [1.807, 2.05) is 44.3 Å². The van der Waals surface area contributed by atoms with Crippen molar-refractivity contribution in [1.82, 2.24) is 14.7 Å². The summed E-state index contributed by atoms with van der Waals surface area (Å²) < 4.78 is 15.1. The van der Waals surface area contributed by atoms with E-state index in [1.54, 1.807) is 21.7 Å². The van der Waals surface area contributed by atoms with Gasteiger partial charge in [0.15, 0.2) is 0 Å². The number of hydrogen-bond acceptors (Lipinski definition) is 2. The lowest BCUT2D eigenvalue weighted by atomic mass is 10.1. The summed E-state index contributed by atoms with van der Waals surface area (Å²) in [5.41, 5.74) is 4.18. The molecule has 2 aromatic carbocycles. The molecule has 0 saturated heterocycles. The van der Waals surface area contributed by atoms with Gasteiger partial charge in [0.2, 0.25) is 0 Å². The Morgan fingerprint density at radius 3 is 2.36 bits per heavy atom. The van der Waals surface area contributed by atoms with Crippen molar-refractivity contribution in [3.05, 3.63) is 82.9 Å². The second-order valence-corrected chi connectivity index (χ2v) is 6.91. The minimum absolute atomic E-state index is 0.0301. The summed E-state index contributed by atoms with van der Waals surface area (Å²) >= 11 is 0. The zero-order chi connectivity index (χ0) is 20.1. The topological polar surface area (TPSA) is 38.1 Å². The van der Waals surface area contributed by atoms with Gasteiger partial charge in [0, 0.05) is 13.6 Å². The molecule has 0 aliphatic rings. The number of carbonyl (C=O) groups excluding carboxylic acids is 1. The predicted octanol–water partition coefficient (Wildman–Crippen LogP) is 4.80. The normalized spacial score (nSPS) is 10.9. The summed E-state index contributed by atoms with van der Waals surface area (Å²) in [7, 11) is 1.82. The lowest BCUT2D eigenvalue weighted by Gasteiger charge is -2.18. The largest absolute Gasteiger partial charge is 0.337 e. The van der Waals surface area contributed by atoms with Crippen molar-refractivity contribution < 1.29 is 9.18 Å². The van der Waals surface area contributed by atoms with Crippen LogP contribution in [0.2, 0.25) is 0 Å². The summed E-state index contributed by atoms with van der Waals surface area (Å²) in [5, 5.41) is 4.73. The van der Waals surface area contributed by atoms with Crippen molar-refractivity contribution >= 4 is 5.91 Å². The molecule has 5 heteroatoms. The van der Waals surface area contributed by atoms with Crippen LogP contribution in [0.25, 0.3) is 5.69 Å². The fourth-order valence-electron chi connectivity index (χ4n) is 3.40. The standard InChI is InChI=1S/C23H26FN3O/c1-4-9-20-22(23(28)26(3)16-17-10-7-6-8-11-17)21(5-2)27(25-20)19-14-12-18(24)13-15-19/h6-8,10-15H,4-5,9,16H2,1-3H3. The molecule has 0 spiro atoms. The number of hydrogen-bond donors (Lipinski definition) is 0. The van der Waals surface area contributed by atoms with Crippen LogP contribution < -0.4 is 0 Å². The Morgan fingerprint density at radius 1 is 1.07 bits per heavy atom. The summed E-state index contributed by atoms with van der Waals surface area (Å²) in [4.78, 5) is 15.1. The van der Waals surface area contributed by atoms with E-state index < -0.39 is 0 Å². The molecule has 0 aliphatic heterocycles. The van der Waals surface area contributed by atoms with Crippen LogP contribution in [-0.2, 0) is 19.4 Å². The molecule has 1 amide bonds. The number of halogens is 1. The molecule has 3 rings (SSSR count). The Hall–Kier alpha value is -2.95. The van der Waals surface area contributed by atoms with E-state index in [0.29, 0.717) is 18.5 Å². The quantitative estimate of drug-likeness (QED) is 0.591. The highest BCUT2D eigenvalue weighted by atomic mass is 19.1. The average Bonchev–Trinajstić information content (AvgIpc) is 3.07. The molecule has 0 aliphatic carbocycles. The first-order chi connectivity index (χ1) is 13.5. The number of rotatable bonds is 7. The van der Waals surface area contributed by atoms with Crippen LogP contribution in [0.1, 0.15) is 47.6 Å². The van der Waals surface area contributed by atoms with Crippen LogP contribution >= 0.6 is 0 Å². The summed E-state index contributed by atoms with van der Waals surface area (Å²) in [6.07, 6.45) is 2.28. The molecule has 4 nitrogen and oxygen atoms in total. The minimum atomic E-state index is -0.290. The van der Waals surface area contributed by atoms with Gasteiger partial charge in [0.25, 0.3) is 5.91 Å². The third kappa shape index (κ3) is 4.14. The monoisotopic (exact) mass is 379 g/mol. The molecule has 0 saturated carbocycles. The fraction of sp³-hybridized carbons (Fsp3) is 0.304. The highest BCUT2D eigenvalue weighted by Crippen LogP contribution is 2.23. The number of nitrogens with zero attached hydrogens (tertiary/aromatic N) is 3. The van der Waals surface area contributed by atoms with E-state index in [9.17, 15) is 9.18 Å². The van der Waals surface area contributed by atoms with Gasteiger partial charge in [-0.1, -0.05) is 50.6 Å². The van der Waals surface area contributed by atoms with E-state index >= 15 is 0 Å². The molecular formula is C23H26FN3O. The fourth-order valence-corrected chi connectivity index (χ4v) is 3.40. The molecule has 0 N–H and O–H groups in total. The zero-order valence-corrected chi connectivity index (χ0v) is 16.7. The van der Waals surface area contributed by atoms with Gasteiger partial charge in [-0.2, -0.15) is 5.10 Å². The van der Waals surface area contributed by atoms with Gasteiger partial charge in [-0.05, 0) is 42.7 Å². The van der Waals surface area contributed by atoms with Crippen molar-refractivity contribution in [2.75, 3.05) is 7.05 Å². The van der Waals surface area contributed by atoms with Crippen molar-refractivity contribution in [3.8, 4) is 5.69 Å². The second kappa shape index (κ2) is 8.83. The SMILES string of the molecule is CCCc1nn(-c2ccc(F)cc2)c(CC)c1C(=O)N(C)Cc1ccccc1. The molecule has 146 valence electrons. The van der Waals surface area contributed by atoms with E-state index in [-0.39, 0.29) is 11.7 Å². The number of amides is 1. The third-order valence-corrected chi connectivity index (χ3v) is 4.77. The van der Waals surface area contributed by atoms with E-state index in [1.165, 1.54) is 12.1 Å². The van der Waals surface area contributed by atoms with Crippen molar-refractivity contribution in [2.24, 2.45) is 0 Å². The van der Waals surface area contributed by atoms with Gasteiger partial charge in [-0.25, -0.2) is 9.07 Å². The Balaban J connectivity index is 2.00. The molecule has 0 atom stereocenters. The first-order valence-electron chi connectivity index (χ1n) is 9.71. The Kier molecular flexibility index (Phi) is 6.24. The van der Waals surface area contributed by atoms with E-state index in [0.717, 1.165) is 35.5 Å². The van der Waals surface area contributed by atoms with Crippen LogP contribution in [0.5, 0.6) is 0 Å². The molecule has 1 heterocycles. The van der Waals surface area contributed by atoms with Crippen LogP contribution in [0.4, 0.5) is 4.39 Å². The first kappa shape index (κ1) is 19.8. The molecule has 0 unspecified atom stereocenters. The number of aromatic nitrogens is 2. The summed E-state index contributed by atoms with van der Waals surface area (Å²) in [6, 6.07) is 16.2. The molecule has 28 heavy (non-hydrogen) atoms. The van der Waals surface area contributed by atoms with Crippen LogP contribution in [-0.4, -0.2) is 27.6 Å². The van der Waals surface area contributed by atoms with Crippen molar-refractivity contribution in [2.45, 2.75) is 39.7 Å². The van der Waals surface area contributed by atoms with Gasteiger partial charge in [-0.15, -0.1) is 0 Å². The maximum atomic E-state index is 13.3. The highest BCUT2D eigenvalue weighted by Gasteiger charge is 2.25. The smallest absolute Gasteiger partial charge is 0.257 e. The molecule has 3 aromatic rings. The van der Waals surface area contributed by atoms with E-state index in [2.05, 4.69) is 6.92 Å². The van der Waals surface area contributed by atoms with Crippen LogP contribution in [0.3, 0.4) is 0 Å². The Morgan fingerprint density at radius 2 is 1.75 bits per heavy atom. The Bertz CT molecular complexity index is 932. The van der Waals surface area contributed by atoms with Gasteiger partial charge < -0.3 is 4.90 Å². The number of aryl methyl sites for hydroxylation is 1. The summed E-state index contributed by atoms with van der Waals surface area (Å²) in [5.74, 6) is -0.320.